The van der Waals surface area contributed by atoms with Crippen LogP contribution in [-0.2, 0) is 23.8 Å². The van der Waals surface area contributed by atoms with E-state index in [4.69, 9.17) is 9.47 Å². The van der Waals surface area contributed by atoms with Crippen LogP contribution in [0.1, 0.15) is 39.5 Å². The Labute approximate surface area is 119 Å². The summed E-state index contributed by atoms with van der Waals surface area (Å²) in [6.07, 6.45) is 6.60. The topological polar surface area (TPSA) is 61.8 Å². The normalized spacial score (nSPS) is 21.4. The highest BCUT2D eigenvalue weighted by Crippen LogP contribution is 2.33. The summed E-state index contributed by atoms with van der Waals surface area (Å²) in [5.41, 5.74) is -0.209. The highest BCUT2D eigenvalue weighted by molar-refractivity contribution is 5.97. The summed E-state index contributed by atoms with van der Waals surface area (Å²) >= 11 is 0. The third-order valence-electron chi connectivity index (χ3n) is 3.40. The van der Waals surface area contributed by atoms with E-state index in [0.717, 1.165) is 19.3 Å². The third-order valence-corrected chi connectivity index (χ3v) is 3.40. The first kappa shape index (κ1) is 16.3. The van der Waals surface area contributed by atoms with Crippen LogP contribution < -0.4 is 0 Å². The Hall–Kier alpha value is -1.78. The van der Waals surface area contributed by atoms with Crippen molar-refractivity contribution in [2.24, 2.45) is 0 Å². The molecule has 0 saturated heterocycles. The van der Waals surface area contributed by atoms with Crippen LogP contribution in [0.4, 0.5) is 0 Å². The smallest absolute Gasteiger partial charge is 0.341 e. The van der Waals surface area contributed by atoms with Gasteiger partial charge in [-0.25, -0.2) is 9.59 Å². The number of carbonyl (C=O) groups is 2. The van der Waals surface area contributed by atoms with Crippen molar-refractivity contribution < 1.29 is 23.8 Å². The van der Waals surface area contributed by atoms with Crippen LogP contribution >= 0.6 is 0 Å². The number of ether oxygens (including phenoxy) is 3. The van der Waals surface area contributed by atoms with Crippen LogP contribution in [0, 0.1) is 0 Å². The highest BCUT2D eigenvalue weighted by atomic mass is 16.5. The highest BCUT2D eigenvalue weighted by Gasteiger charge is 2.38. The van der Waals surface area contributed by atoms with E-state index in [-0.39, 0.29) is 5.57 Å². The Morgan fingerprint density at radius 3 is 2.40 bits per heavy atom. The fraction of sp³-hybridized carbons (Fsp3) is 0.600. The summed E-state index contributed by atoms with van der Waals surface area (Å²) in [7, 11) is 2.59. The zero-order chi connectivity index (χ0) is 15.2. The van der Waals surface area contributed by atoms with Gasteiger partial charge in [0.25, 0.3) is 0 Å². The van der Waals surface area contributed by atoms with Gasteiger partial charge in [-0.2, -0.15) is 0 Å². The zero-order valence-electron chi connectivity index (χ0n) is 12.5. The van der Waals surface area contributed by atoms with Gasteiger partial charge < -0.3 is 14.2 Å². The molecule has 20 heavy (non-hydrogen) atoms. The van der Waals surface area contributed by atoms with E-state index in [1.54, 1.807) is 0 Å². The molecule has 1 aliphatic rings. The Morgan fingerprint density at radius 2 is 1.85 bits per heavy atom. The Bertz CT molecular complexity index is 436. The molecule has 5 nitrogen and oxygen atoms in total. The van der Waals surface area contributed by atoms with Crippen molar-refractivity contribution in [3.05, 3.63) is 23.5 Å². The molecule has 1 aliphatic heterocycles. The molecule has 0 aromatic carbocycles. The van der Waals surface area contributed by atoms with Crippen LogP contribution in [-0.4, -0.2) is 31.8 Å². The molecule has 1 heterocycles. The predicted molar refractivity (Wildman–Crippen MR) is 73.8 cm³/mol. The molecule has 1 atom stereocenters. The van der Waals surface area contributed by atoms with E-state index >= 15 is 0 Å². The van der Waals surface area contributed by atoms with Crippen molar-refractivity contribution in [2.45, 2.75) is 45.1 Å². The Morgan fingerprint density at radius 1 is 1.20 bits per heavy atom. The monoisotopic (exact) mass is 282 g/mol. The molecule has 0 N–H and O–H groups in total. The molecule has 0 saturated carbocycles. The van der Waals surface area contributed by atoms with Crippen LogP contribution in [0.25, 0.3) is 0 Å². The lowest BCUT2D eigenvalue weighted by Gasteiger charge is -2.33. The maximum absolute atomic E-state index is 11.9. The van der Waals surface area contributed by atoms with Crippen molar-refractivity contribution >= 4 is 11.9 Å². The summed E-state index contributed by atoms with van der Waals surface area (Å²) in [5, 5.41) is 0. The summed E-state index contributed by atoms with van der Waals surface area (Å²) < 4.78 is 15.1. The van der Waals surface area contributed by atoms with Crippen molar-refractivity contribution in [3.63, 3.8) is 0 Å². The number of esters is 2. The van der Waals surface area contributed by atoms with Gasteiger partial charge in [-0.1, -0.05) is 19.8 Å². The largest absolute Gasteiger partial charge is 0.489 e. The SMILES string of the molecule is CCCCCC1(C)OC=C(C(=O)OC)C=C1C(=O)OC. The fourth-order valence-electron chi connectivity index (χ4n) is 2.11. The zero-order valence-corrected chi connectivity index (χ0v) is 12.5. The van der Waals surface area contributed by atoms with Gasteiger partial charge in [-0.3, -0.25) is 0 Å². The molecule has 0 fully saturated rings. The standard InChI is InChI=1S/C15H22O5/c1-5-6-7-8-15(2)12(14(17)19-4)9-11(10-20-15)13(16)18-3/h9-10H,5-8H2,1-4H3. The second-order valence-corrected chi connectivity index (χ2v) is 4.92. The van der Waals surface area contributed by atoms with Gasteiger partial charge >= 0.3 is 11.9 Å². The molecule has 112 valence electrons. The number of hydrogen-bond acceptors (Lipinski definition) is 5. The maximum atomic E-state index is 11.9. The predicted octanol–water partition coefficient (Wildman–Crippen LogP) is 2.51. The lowest BCUT2D eigenvalue weighted by molar-refractivity contribution is -0.139. The first-order chi connectivity index (χ1) is 9.48. The van der Waals surface area contributed by atoms with Gasteiger partial charge in [0.1, 0.15) is 5.60 Å². The van der Waals surface area contributed by atoms with Gasteiger partial charge in [0, 0.05) is 0 Å². The minimum atomic E-state index is -0.764. The average Bonchev–Trinajstić information content (AvgIpc) is 2.46. The number of methoxy groups -OCH3 is 2. The number of carbonyl (C=O) groups excluding carboxylic acids is 2. The first-order valence-corrected chi connectivity index (χ1v) is 6.75. The summed E-state index contributed by atoms with van der Waals surface area (Å²) in [5.74, 6) is -1.03. The van der Waals surface area contributed by atoms with Crippen LogP contribution in [0.5, 0.6) is 0 Å². The molecule has 1 unspecified atom stereocenters. The lowest BCUT2D eigenvalue weighted by Crippen LogP contribution is -2.36. The quantitative estimate of drug-likeness (QED) is 0.553. The molecule has 0 spiro atoms. The second kappa shape index (κ2) is 7.12. The first-order valence-electron chi connectivity index (χ1n) is 6.75. The minimum absolute atomic E-state index is 0.209. The molecule has 0 aromatic heterocycles. The Balaban J connectivity index is 2.99. The molecular formula is C15H22O5. The number of rotatable bonds is 6. The van der Waals surface area contributed by atoms with Gasteiger partial charge in [-0.15, -0.1) is 0 Å². The van der Waals surface area contributed by atoms with E-state index in [1.165, 1.54) is 26.6 Å². The van der Waals surface area contributed by atoms with Crippen LogP contribution in [0.2, 0.25) is 0 Å². The summed E-state index contributed by atoms with van der Waals surface area (Å²) in [6.45, 7) is 3.94. The van der Waals surface area contributed by atoms with Crippen molar-refractivity contribution in [1.29, 1.82) is 0 Å². The van der Waals surface area contributed by atoms with Gasteiger partial charge in [-0.05, 0) is 25.8 Å². The molecule has 0 radical (unpaired) electrons. The summed E-state index contributed by atoms with van der Waals surface area (Å²) in [4.78, 5) is 23.4. The molecule has 1 rings (SSSR count). The molecule has 5 heteroatoms. The minimum Gasteiger partial charge on any atom is -0.489 e. The van der Waals surface area contributed by atoms with E-state index < -0.39 is 17.5 Å². The van der Waals surface area contributed by atoms with E-state index in [0.29, 0.717) is 12.0 Å². The molecule has 0 amide bonds. The van der Waals surface area contributed by atoms with Crippen LogP contribution in [0.15, 0.2) is 23.5 Å². The van der Waals surface area contributed by atoms with E-state index in [9.17, 15) is 9.59 Å². The van der Waals surface area contributed by atoms with Crippen molar-refractivity contribution in [1.82, 2.24) is 0 Å². The molecule has 0 aliphatic carbocycles. The van der Waals surface area contributed by atoms with Crippen molar-refractivity contribution in [3.8, 4) is 0 Å². The van der Waals surface area contributed by atoms with E-state index in [1.807, 2.05) is 6.92 Å². The molecular weight excluding hydrogens is 260 g/mol. The third kappa shape index (κ3) is 3.62. The van der Waals surface area contributed by atoms with Crippen molar-refractivity contribution in [2.75, 3.05) is 14.2 Å². The fourth-order valence-corrected chi connectivity index (χ4v) is 2.11. The second-order valence-electron chi connectivity index (χ2n) is 4.92. The Kier molecular flexibility index (Phi) is 5.80. The average molecular weight is 282 g/mol. The van der Waals surface area contributed by atoms with E-state index in [2.05, 4.69) is 11.7 Å². The van der Waals surface area contributed by atoms with Gasteiger partial charge in [0.05, 0.1) is 31.6 Å². The molecule has 0 aromatic rings. The maximum Gasteiger partial charge on any atom is 0.341 e. The number of unbranched alkanes of at least 4 members (excludes halogenated alkanes) is 2. The van der Waals surface area contributed by atoms with Crippen LogP contribution in [0.3, 0.4) is 0 Å². The molecule has 0 bridgehead atoms. The van der Waals surface area contributed by atoms with Gasteiger partial charge in [0.15, 0.2) is 0 Å². The number of hydrogen-bond donors (Lipinski definition) is 0. The summed E-state index contributed by atoms with van der Waals surface area (Å²) in [6, 6.07) is 0. The lowest BCUT2D eigenvalue weighted by atomic mass is 9.87. The van der Waals surface area contributed by atoms with Gasteiger partial charge in [0.2, 0.25) is 0 Å².